The SMILES string of the molecule is C[C@@H]1CCCN1C(=O)[C@@H]1CC(NC(=O)CCCN2C(=O)C=CC2=O)CN1. The predicted molar refractivity (Wildman–Crippen MR) is 93.8 cm³/mol. The molecule has 0 bridgehead atoms. The molecular formula is C18H26N4O4. The van der Waals surface area contributed by atoms with E-state index in [4.69, 9.17) is 0 Å². The molecule has 0 spiro atoms. The van der Waals surface area contributed by atoms with E-state index in [1.165, 1.54) is 12.2 Å². The van der Waals surface area contributed by atoms with Gasteiger partial charge in [-0.3, -0.25) is 24.1 Å². The van der Waals surface area contributed by atoms with Gasteiger partial charge in [-0.2, -0.15) is 0 Å². The highest BCUT2D eigenvalue weighted by molar-refractivity contribution is 6.12. The van der Waals surface area contributed by atoms with Crippen LogP contribution in [0.25, 0.3) is 0 Å². The Morgan fingerprint density at radius 1 is 1.27 bits per heavy atom. The molecule has 0 aromatic carbocycles. The van der Waals surface area contributed by atoms with Crippen LogP contribution in [0.4, 0.5) is 0 Å². The van der Waals surface area contributed by atoms with Crippen LogP contribution >= 0.6 is 0 Å². The van der Waals surface area contributed by atoms with E-state index in [2.05, 4.69) is 17.6 Å². The number of hydrogen-bond donors (Lipinski definition) is 2. The first kappa shape index (κ1) is 18.6. The van der Waals surface area contributed by atoms with E-state index in [-0.39, 0.29) is 48.7 Å². The molecule has 0 saturated carbocycles. The maximum atomic E-state index is 12.5. The van der Waals surface area contributed by atoms with E-state index in [1.807, 2.05) is 4.90 Å². The molecule has 2 N–H and O–H groups in total. The lowest BCUT2D eigenvalue weighted by molar-refractivity contribution is -0.137. The summed E-state index contributed by atoms with van der Waals surface area (Å²) in [6.45, 7) is 3.72. The fraction of sp³-hybridized carbons (Fsp3) is 0.667. The lowest BCUT2D eigenvalue weighted by atomic mass is 10.1. The Kier molecular flexibility index (Phi) is 5.70. The second-order valence-electron chi connectivity index (χ2n) is 7.25. The summed E-state index contributed by atoms with van der Waals surface area (Å²) in [6.07, 6.45) is 5.86. The lowest BCUT2D eigenvalue weighted by Crippen LogP contribution is -2.45. The lowest BCUT2D eigenvalue weighted by Gasteiger charge is -2.24. The van der Waals surface area contributed by atoms with Crippen molar-refractivity contribution >= 4 is 23.6 Å². The van der Waals surface area contributed by atoms with E-state index < -0.39 is 0 Å². The predicted octanol–water partition coefficient (Wildman–Crippen LogP) is -0.451. The average molecular weight is 362 g/mol. The van der Waals surface area contributed by atoms with Gasteiger partial charge in [-0.1, -0.05) is 0 Å². The van der Waals surface area contributed by atoms with Crippen molar-refractivity contribution in [2.24, 2.45) is 0 Å². The van der Waals surface area contributed by atoms with Crippen molar-refractivity contribution in [3.63, 3.8) is 0 Å². The molecule has 4 amide bonds. The number of amides is 4. The highest BCUT2D eigenvalue weighted by Crippen LogP contribution is 2.20. The summed E-state index contributed by atoms with van der Waals surface area (Å²) in [5.74, 6) is -0.641. The molecular weight excluding hydrogens is 336 g/mol. The Hall–Kier alpha value is -2.22. The van der Waals surface area contributed by atoms with Gasteiger partial charge in [0, 0.05) is 50.3 Å². The monoisotopic (exact) mass is 362 g/mol. The van der Waals surface area contributed by atoms with Gasteiger partial charge >= 0.3 is 0 Å². The van der Waals surface area contributed by atoms with Crippen LogP contribution in [0.3, 0.4) is 0 Å². The molecule has 0 radical (unpaired) electrons. The minimum atomic E-state index is -0.326. The summed E-state index contributed by atoms with van der Waals surface area (Å²) in [7, 11) is 0. The van der Waals surface area contributed by atoms with Gasteiger partial charge in [-0.15, -0.1) is 0 Å². The maximum Gasteiger partial charge on any atom is 0.253 e. The number of imide groups is 1. The molecule has 3 rings (SSSR count). The van der Waals surface area contributed by atoms with Gasteiger partial charge in [-0.05, 0) is 32.6 Å². The molecule has 3 atom stereocenters. The summed E-state index contributed by atoms with van der Waals surface area (Å²) >= 11 is 0. The summed E-state index contributed by atoms with van der Waals surface area (Å²) in [5.41, 5.74) is 0. The topological polar surface area (TPSA) is 98.8 Å². The van der Waals surface area contributed by atoms with Gasteiger partial charge in [0.25, 0.3) is 11.8 Å². The number of rotatable bonds is 6. The normalized spacial score (nSPS) is 28.3. The first-order valence-electron chi connectivity index (χ1n) is 9.32. The number of nitrogens with one attached hydrogen (secondary N) is 2. The van der Waals surface area contributed by atoms with Crippen molar-refractivity contribution in [1.29, 1.82) is 0 Å². The summed E-state index contributed by atoms with van der Waals surface area (Å²) in [6, 6.07) is 0.00119. The van der Waals surface area contributed by atoms with Crippen LogP contribution in [0, 0.1) is 0 Å². The van der Waals surface area contributed by atoms with Crippen LogP contribution in [0.2, 0.25) is 0 Å². The third-order valence-electron chi connectivity index (χ3n) is 5.32. The van der Waals surface area contributed by atoms with Crippen molar-refractivity contribution in [1.82, 2.24) is 20.4 Å². The second-order valence-corrected chi connectivity index (χ2v) is 7.25. The fourth-order valence-electron chi connectivity index (χ4n) is 3.84. The van der Waals surface area contributed by atoms with Crippen LogP contribution in [0.1, 0.15) is 39.0 Å². The van der Waals surface area contributed by atoms with Gasteiger partial charge in [0.05, 0.1) is 6.04 Å². The minimum Gasteiger partial charge on any atom is -0.352 e. The van der Waals surface area contributed by atoms with Crippen molar-refractivity contribution < 1.29 is 19.2 Å². The van der Waals surface area contributed by atoms with Crippen molar-refractivity contribution in [3.8, 4) is 0 Å². The van der Waals surface area contributed by atoms with E-state index >= 15 is 0 Å². The van der Waals surface area contributed by atoms with E-state index in [0.29, 0.717) is 25.4 Å². The zero-order valence-electron chi connectivity index (χ0n) is 15.1. The maximum absolute atomic E-state index is 12.5. The number of nitrogens with zero attached hydrogens (tertiary/aromatic N) is 2. The van der Waals surface area contributed by atoms with E-state index in [1.54, 1.807) is 0 Å². The molecule has 8 nitrogen and oxygen atoms in total. The number of carbonyl (C=O) groups is 4. The molecule has 1 unspecified atom stereocenters. The highest BCUT2D eigenvalue weighted by atomic mass is 16.2. The zero-order valence-corrected chi connectivity index (χ0v) is 15.1. The van der Waals surface area contributed by atoms with Crippen LogP contribution in [0.15, 0.2) is 12.2 Å². The molecule has 2 saturated heterocycles. The van der Waals surface area contributed by atoms with Gasteiger partial charge in [0.1, 0.15) is 0 Å². The standard InChI is InChI=1S/C18H26N4O4/c1-12-4-2-8-21(12)18(26)14-10-13(11-19-14)20-15(23)5-3-9-22-16(24)6-7-17(22)25/h6-7,12-14,19H,2-5,8-11H2,1H3,(H,20,23)/t12-,13?,14+/m1/s1. The van der Waals surface area contributed by atoms with Gasteiger partial charge in [0.15, 0.2) is 0 Å². The third kappa shape index (κ3) is 4.12. The van der Waals surface area contributed by atoms with E-state index in [0.717, 1.165) is 24.3 Å². The largest absolute Gasteiger partial charge is 0.352 e. The molecule has 3 heterocycles. The number of carbonyl (C=O) groups excluding carboxylic acids is 4. The smallest absolute Gasteiger partial charge is 0.253 e. The summed E-state index contributed by atoms with van der Waals surface area (Å²) in [5, 5.41) is 6.15. The number of hydrogen-bond acceptors (Lipinski definition) is 5. The Morgan fingerprint density at radius 3 is 2.65 bits per heavy atom. The molecule has 2 fully saturated rings. The van der Waals surface area contributed by atoms with Gasteiger partial charge in [-0.25, -0.2) is 0 Å². The van der Waals surface area contributed by atoms with Crippen molar-refractivity contribution in [2.75, 3.05) is 19.6 Å². The molecule has 26 heavy (non-hydrogen) atoms. The average Bonchev–Trinajstić information content (AvgIpc) is 3.31. The first-order chi connectivity index (χ1) is 12.5. The van der Waals surface area contributed by atoms with Gasteiger partial charge in [0.2, 0.25) is 11.8 Å². The molecule has 0 aliphatic carbocycles. The quantitative estimate of drug-likeness (QED) is 0.624. The Morgan fingerprint density at radius 2 is 2.00 bits per heavy atom. The van der Waals surface area contributed by atoms with E-state index in [9.17, 15) is 19.2 Å². The molecule has 142 valence electrons. The van der Waals surface area contributed by atoms with Gasteiger partial charge < -0.3 is 15.5 Å². The van der Waals surface area contributed by atoms with Crippen LogP contribution in [-0.2, 0) is 19.2 Å². The third-order valence-corrected chi connectivity index (χ3v) is 5.32. The summed E-state index contributed by atoms with van der Waals surface area (Å²) < 4.78 is 0. The zero-order chi connectivity index (χ0) is 18.7. The Balaban J connectivity index is 1.37. The fourth-order valence-corrected chi connectivity index (χ4v) is 3.84. The minimum absolute atomic E-state index is 0.0638. The second kappa shape index (κ2) is 7.99. The first-order valence-corrected chi connectivity index (χ1v) is 9.32. The molecule has 0 aromatic heterocycles. The van der Waals surface area contributed by atoms with Crippen molar-refractivity contribution in [3.05, 3.63) is 12.2 Å². The Bertz CT molecular complexity index is 615. The molecule has 3 aliphatic rings. The molecule has 8 heteroatoms. The molecule has 3 aliphatic heterocycles. The van der Waals surface area contributed by atoms with Crippen molar-refractivity contribution in [2.45, 2.75) is 57.2 Å². The van der Waals surface area contributed by atoms with Crippen LogP contribution in [-0.4, -0.2) is 71.2 Å². The number of likely N-dealkylation sites (tertiary alicyclic amines) is 1. The summed E-state index contributed by atoms with van der Waals surface area (Å²) in [4.78, 5) is 50.6. The molecule has 0 aromatic rings. The highest BCUT2D eigenvalue weighted by Gasteiger charge is 2.35. The Labute approximate surface area is 153 Å². The van der Waals surface area contributed by atoms with Crippen LogP contribution in [0.5, 0.6) is 0 Å². The van der Waals surface area contributed by atoms with Crippen LogP contribution < -0.4 is 10.6 Å².